The third-order valence-electron chi connectivity index (χ3n) is 5.62. The number of anilines is 1. The molecule has 2 heterocycles. The molecule has 0 spiro atoms. The van der Waals surface area contributed by atoms with Crippen LogP contribution in [0.3, 0.4) is 0 Å². The average molecular weight is 339 g/mol. The maximum absolute atomic E-state index is 12.1. The van der Waals surface area contributed by atoms with Crippen molar-refractivity contribution >= 4 is 11.7 Å². The molecule has 5 nitrogen and oxygen atoms in total. The van der Waals surface area contributed by atoms with Gasteiger partial charge in [-0.1, -0.05) is 24.1 Å². The van der Waals surface area contributed by atoms with Crippen LogP contribution < -0.4 is 5.32 Å². The molecule has 0 radical (unpaired) electrons. The number of carbonyl (C=O) groups is 1. The summed E-state index contributed by atoms with van der Waals surface area (Å²) in [6.07, 6.45) is 3.68. The van der Waals surface area contributed by atoms with E-state index in [9.17, 15) is 4.79 Å². The molecule has 1 N–H and O–H groups in total. The van der Waals surface area contributed by atoms with E-state index in [2.05, 4.69) is 35.5 Å². The van der Waals surface area contributed by atoms with Crippen LogP contribution in [0.5, 0.6) is 0 Å². The number of aromatic nitrogens is 2. The normalized spacial score (nSPS) is 24.4. The summed E-state index contributed by atoms with van der Waals surface area (Å²) in [4.78, 5) is 12.1. The van der Waals surface area contributed by atoms with E-state index in [0.29, 0.717) is 24.1 Å². The van der Waals surface area contributed by atoms with Crippen LogP contribution in [0.2, 0.25) is 0 Å². The highest BCUT2D eigenvalue weighted by Crippen LogP contribution is 2.52. The smallest absolute Gasteiger partial charge is 0.356 e. The van der Waals surface area contributed by atoms with Gasteiger partial charge in [-0.15, -0.1) is 0 Å². The quantitative estimate of drug-likeness (QED) is 0.860. The molecular formula is C20H25N3O2. The van der Waals surface area contributed by atoms with Crippen LogP contribution in [-0.4, -0.2) is 22.4 Å². The Morgan fingerprint density at radius 3 is 3.00 bits per heavy atom. The van der Waals surface area contributed by atoms with Crippen molar-refractivity contribution in [3.05, 3.63) is 46.8 Å². The molecule has 1 aliphatic carbocycles. The first-order valence-electron chi connectivity index (χ1n) is 9.16. The summed E-state index contributed by atoms with van der Waals surface area (Å²) < 4.78 is 6.79. The summed E-state index contributed by atoms with van der Waals surface area (Å²) in [6, 6.07) is 8.70. The van der Waals surface area contributed by atoms with Crippen LogP contribution in [0.1, 0.15) is 65.5 Å². The topological polar surface area (TPSA) is 56.1 Å². The number of hydrogen-bond acceptors (Lipinski definition) is 4. The number of fused-ring (bicyclic) bond motifs is 3. The second-order valence-corrected chi connectivity index (χ2v) is 7.21. The average Bonchev–Trinajstić information content (AvgIpc) is 3.21. The molecule has 1 aromatic heterocycles. The van der Waals surface area contributed by atoms with Gasteiger partial charge in [0, 0.05) is 12.7 Å². The zero-order valence-corrected chi connectivity index (χ0v) is 15.1. The number of ether oxygens (including phenoxy) is 1. The molecule has 0 bridgehead atoms. The highest BCUT2D eigenvalue weighted by atomic mass is 16.5. The molecule has 2 aliphatic rings. The van der Waals surface area contributed by atoms with Crippen molar-refractivity contribution in [2.75, 3.05) is 11.9 Å². The highest BCUT2D eigenvalue weighted by molar-refractivity contribution is 5.87. The van der Waals surface area contributed by atoms with Gasteiger partial charge in [0.2, 0.25) is 0 Å². The lowest BCUT2D eigenvalue weighted by molar-refractivity contribution is 0.0513. The van der Waals surface area contributed by atoms with Gasteiger partial charge in [0.15, 0.2) is 0 Å². The number of nitrogens with one attached hydrogen (secondary N) is 1. The van der Waals surface area contributed by atoms with E-state index in [-0.39, 0.29) is 12.0 Å². The molecule has 5 heteroatoms. The van der Waals surface area contributed by atoms with E-state index in [0.717, 1.165) is 5.69 Å². The third-order valence-corrected chi connectivity index (χ3v) is 5.62. The lowest BCUT2D eigenvalue weighted by atomic mass is 9.78. The largest absolute Gasteiger partial charge is 0.461 e. The van der Waals surface area contributed by atoms with Gasteiger partial charge in [0.1, 0.15) is 5.69 Å². The van der Waals surface area contributed by atoms with Gasteiger partial charge in [0.05, 0.1) is 18.3 Å². The fourth-order valence-corrected chi connectivity index (χ4v) is 4.50. The molecule has 1 fully saturated rings. The molecule has 25 heavy (non-hydrogen) atoms. The van der Waals surface area contributed by atoms with Gasteiger partial charge in [-0.25, -0.2) is 4.79 Å². The molecule has 0 saturated heterocycles. The van der Waals surface area contributed by atoms with Crippen LogP contribution in [-0.2, 0) is 11.8 Å². The molecule has 2 aromatic rings. The van der Waals surface area contributed by atoms with Gasteiger partial charge in [0.25, 0.3) is 0 Å². The summed E-state index contributed by atoms with van der Waals surface area (Å²) in [7, 11) is 1.81. The Bertz CT molecular complexity index is 811. The van der Waals surface area contributed by atoms with Gasteiger partial charge in [-0.05, 0) is 56.2 Å². The van der Waals surface area contributed by atoms with Crippen molar-refractivity contribution < 1.29 is 9.53 Å². The van der Waals surface area contributed by atoms with Crippen molar-refractivity contribution in [1.29, 1.82) is 0 Å². The Morgan fingerprint density at radius 1 is 1.36 bits per heavy atom. The van der Waals surface area contributed by atoms with E-state index in [1.165, 1.54) is 36.1 Å². The predicted octanol–water partition coefficient (Wildman–Crippen LogP) is 3.96. The standard InChI is InChI=1S/C20H25N3O2/c1-4-25-20(24)18-11-17(22-23(18)3)19-14-7-5-6-13(14)15-10-12(2)8-9-16(15)21-19/h8-11,13-14,19,21H,4-7H2,1-3H3/t13-,14+,19-/m1/s1. The van der Waals surface area contributed by atoms with E-state index in [4.69, 9.17) is 4.74 Å². The summed E-state index contributed by atoms with van der Waals surface area (Å²) in [6.45, 7) is 4.35. The number of rotatable bonds is 3. The Balaban J connectivity index is 1.70. The molecule has 4 rings (SSSR count). The minimum Gasteiger partial charge on any atom is -0.461 e. The predicted molar refractivity (Wildman–Crippen MR) is 96.8 cm³/mol. The van der Waals surface area contributed by atoms with Crippen LogP contribution in [0, 0.1) is 12.8 Å². The van der Waals surface area contributed by atoms with Gasteiger partial charge in [-0.2, -0.15) is 5.10 Å². The maximum atomic E-state index is 12.1. The number of nitrogens with zero attached hydrogens (tertiary/aromatic N) is 2. The number of benzene rings is 1. The van der Waals surface area contributed by atoms with Gasteiger partial charge < -0.3 is 10.1 Å². The summed E-state index contributed by atoms with van der Waals surface area (Å²) >= 11 is 0. The Labute approximate surface area is 148 Å². The van der Waals surface area contributed by atoms with Crippen molar-refractivity contribution in [2.45, 2.75) is 45.1 Å². The lowest BCUT2D eigenvalue weighted by Gasteiger charge is -2.36. The second-order valence-electron chi connectivity index (χ2n) is 7.21. The van der Waals surface area contributed by atoms with Crippen LogP contribution >= 0.6 is 0 Å². The Kier molecular flexibility index (Phi) is 4.02. The molecule has 0 amide bonds. The van der Waals surface area contributed by atoms with Crippen molar-refractivity contribution in [2.24, 2.45) is 13.0 Å². The zero-order valence-electron chi connectivity index (χ0n) is 15.1. The number of carbonyl (C=O) groups excluding carboxylic acids is 1. The monoisotopic (exact) mass is 339 g/mol. The van der Waals surface area contributed by atoms with E-state index in [1.807, 2.05) is 20.0 Å². The molecule has 3 atom stereocenters. The lowest BCUT2D eigenvalue weighted by Crippen LogP contribution is -2.29. The first-order valence-corrected chi connectivity index (χ1v) is 9.16. The van der Waals surface area contributed by atoms with Gasteiger partial charge >= 0.3 is 5.97 Å². The van der Waals surface area contributed by atoms with Crippen LogP contribution in [0.15, 0.2) is 24.3 Å². The van der Waals surface area contributed by atoms with Crippen LogP contribution in [0.4, 0.5) is 5.69 Å². The zero-order chi connectivity index (χ0) is 17.6. The summed E-state index contributed by atoms with van der Waals surface area (Å²) in [5.41, 5.74) is 5.42. The fraction of sp³-hybridized carbons (Fsp3) is 0.500. The maximum Gasteiger partial charge on any atom is 0.356 e. The number of hydrogen-bond donors (Lipinski definition) is 1. The fourth-order valence-electron chi connectivity index (χ4n) is 4.50. The first kappa shape index (κ1) is 16.2. The molecule has 1 aromatic carbocycles. The van der Waals surface area contributed by atoms with E-state index >= 15 is 0 Å². The van der Waals surface area contributed by atoms with Crippen molar-refractivity contribution in [3.8, 4) is 0 Å². The van der Waals surface area contributed by atoms with Crippen LogP contribution in [0.25, 0.3) is 0 Å². The van der Waals surface area contributed by atoms with Crippen molar-refractivity contribution in [3.63, 3.8) is 0 Å². The van der Waals surface area contributed by atoms with Gasteiger partial charge in [-0.3, -0.25) is 4.68 Å². The van der Waals surface area contributed by atoms with Crippen molar-refractivity contribution in [1.82, 2.24) is 9.78 Å². The third kappa shape index (κ3) is 2.71. The Morgan fingerprint density at radius 2 is 2.20 bits per heavy atom. The minimum absolute atomic E-state index is 0.150. The molecule has 1 aliphatic heterocycles. The number of esters is 1. The van der Waals surface area contributed by atoms with E-state index in [1.54, 1.807) is 4.68 Å². The second kappa shape index (κ2) is 6.21. The Hall–Kier alpha value is -2.30. The summed E-state index contributed by atoms with van der Waals surface area (Å²) in [5, 5.41) is 8.34. The molecule has 0 unspecified atom stereocenters. The molecule has 1 saturated carbocycles. The summed E-state index contributed by atoms with van der Waals surface area (Å²) in [5.74, 6) is 0.798. The number of aryl methyl sites for hydroxylation is 2. The highest BCUT2D eigenvalue weighted by Gasteiger charge is 2.41. The molecular weight excluding hydrogens is 314 g/mol. The SMILES string of the molecule is CCOC(=O)c1cc([C@@H]2Nc3ccc(C)cc3[C@@H]3CCC[C@@H]32)nn1C. The molecule has 132 valence electrons. The minimum atomic E-state index is -0.307. The first-order chi connectivity index (χ1) is 12.1. The van der Waals surface area contributed by atoms with E-state index < -0.39 is 0 Å².